The van der Waals surface area contributed by atoms with E-state index in [0.29, 0.717) is 6.07 Å². The molecular formula is C9H9F4NO2S. The van der Waals surface area contributed by atoms with Crippen LogP contribution in [0.2, 0.25) is 0 Å². The van der Waals surface area contributed by atoms with Crippen LogP contribution in [-0.2, 0) is 16.3 Å². The van der Waals surface area contributed by atoms with E-state index in [9.17, 15) is 26.0 Å². The van der Waals surface area contributed by atoms with E-state index in [0.717, 1.165) is 12.1 Å². The molecule has 96 valence electrons. The van der Waals surface area contributed by atoms with Gasteiger partial charge in [-0.2, -0.15) is 13.2 Å². The van der Waals surface area contributed by atoms with Crippen LogP contribution in [0, 0.1) is 5.82 Å². The zero-order chi connectivity index (χ0) is 13.3. The molecule has 0 aromatic heterocycles. The predicted molar refractivity (Wildman–Crippen MR) is 52.4 cm³/mol. The normalized spacial score (nSPS) is 12.8. The summed E-state index contributed by atoms with van der Waals surface area (Å²) in [5.41, 5.74) is -0.451. The third-order valence-electron chi connectivity index (χ3n) is 2.04. The lowest BCUT2D eigenvalue weighted by molar-refractivity contribution is -0.0436. The standard InChI is InChI=1S/C9H9F4NO2S/c10-7-2-1-6(3-4-14)8(5-7)17(15,16)9(11,12)13/h1-2,5H,3-4,14H2. The third kappa shape index (κ3) is 2.75. The lowest BCUT2D eigenvalue weighted by Crippen LogP contribution is -2.25. The Kier molecular flexibility index (Phi) is 3.78. The Morgan fingerprint density at radius 1 is 1.24 bits per heavy atom. The van der Waals surface area contributed by atoms with Crippen LogP contribution in [0.15, 0.2) is 23.1 Å². The second kappa shape index (κ2) is 4.61. The number of sulfone groups is 1. The number of halogens is 4. The number of benzene rings is 1. The zero-order valence-corrected chi connectivity index (χ0v) is 9.28. The fraction of sp³-hybridized carbons (Fsp3) is 0.333. The fourth-order valence-electron chi connectivity index (χ4n) is 1.27. The van der Waals surface area contributed by atoms with Crippen molar-refractivity contribution in [2.45, 2.75) is 16.8 Å². The van der Waals surface area contributed by atoms with Gasteiger partial charge in [-0.15, -0.1) is 0 Å². The minimum Gasteiger partial charge on any atom is -0.330 e. The molecule has 0 unspecified atom stereocenters. The van der Waals surface area contributed by atoms with Crippen molar-refractivity contribution in [3.05, 3.63) is 29.6 Å². The number of hydrogen-bond donors (Lipinski definition) is 1. The quantitative estimate of drug-likeness (QED) is 0.850. The predicted octanol–water partition coefficient (Wildman–Crippen LogP) is 1.62. The highest BCUT2D eigenvalue weighted by Crippen LogP contribution is 2.32. The molecule has 1 aromatic rings. The Bertz CT molecular complexity index is 510. The molecule has 2 N–H and O–H groups in total. The van der Waals surface area contributed by atoms with Crippen LogP contribution in [0.5, 0.6) is 0 Å². The molecule has 0 saturated carbocycles. The van der Waals surface area contributed by atoms with Gasteiger partial charge < -0.3 is 5.73 Å². The average Bonchev–Trinajstić information content (AvgIpc) is 2.19. The summed E-state index contributed by atoms with van der Waals surface area (Å²) in [5.74, 6) is -1.05. The van der Waals surface area contributed by atoms with Gasteiger partial charge in [-0.05, 0) is 30.7 Å². The Morgan fingerprint density at radius 2 is 1.82 bits per heavy atom. The maximum absolute atomic E-state index is 12.8. The lowest BCUT2D eigenvalue weighted by atomic mass is 10.1. The van der Waals surface area contributed by atoms with E-state index in [1.807, 2.05) is 0 Å². The lowest BCUT2D eigenvalue weighted by Gasteiger charge is -2.12. The van der Waals surface area contributed by atoms with Crippen molar-refractivity contribution in [2.75, 3.05) is 6.54 Å². The van der Waals surface area contributed by atoms with E-state index in [-0.39, 0.29) is 18.5 Å². The monoisotopic (exact) mass is 271 g/mol. The van der Waals surface area contributed by atoms with Crippen molar-refractivity contribution in [3.8, 4) is 0 Å². The number of hydrogen-bond acceptors (Lipinski definition) is 3. The molecule has 0 amide bonds. The second-order valence-electron chi connectivity index (χ2n) is 3.24. The van der Waals surface area contributed by atoms with Gasteiger partial charge in [0.05, 0.1) is 4.90 Å². The van der Waals surface area contributed by atoms with E-state index >= 15 is 0 Å². The minimum absolute atomic E-state index is 0.0357. The molecule has 0 atom stereocenters. The molecule has 0 bridgehead atoms. The van der Waals surface area contributed by atoms with Crippen LogP contribution in [0.25, 0.3) is 0 Å². The van der Waals surface area contributed by atoms with Crippen LogP contribution in [0.3, 0.4) is 0 Å². The van der Waals surface area contributed by atoms with Gasteiger partial charge in [0, 0.05) is 0 Å². The first kappa shape index (κ1) is 13.9. The Morgan fingerprint density at radius 3 is 2.29 bits per heavy atom. The van der Waals surface area contributed by atoms with E-state index < -0.39 is 26.1 Å². The Balaban J connectivity index is 3.44. The molecule has 0 spiro atoms. The van der Waals surface area contributed by atoms with E-state index in [1.165, 1.54) is 0 Å². The van der Waals surface area contributed by atoms with Crippen LogP contribution in [0.1, 0.15) is 5.56 Å². The Hall–Kier alpha value is -1.15. The molecular weight excluding hydrogens is 262 g/mol. The highest BCUT2D eigenvalue weighted by Gasteiger charge is 2.47. The van der Waals surface area contributed by atoms with Crippen LogP contribution < -0.4 is 5.73 Å². The van der Waals surface area contributed by atoms with Gasteiger partial charge in [0.2, 0.25) is 0 Å². The highest BCUT2D eigenvalue weighted by atomic mass is 32.2. The van der Waals surface area contributed by atoms with E-state index in [4.69, 9.17) is 5.73 Å². The van der Waals surface area contributed by atoms with Gasteiger partial charge >= 0.3 is 5.51 Å². The third-order valence-corrected chi connectivity index (χ3v) is 3.61. The topological polar surface area (TPSA) is 60.2 Å². The van der Waals surface area contributed by atoms with Crippen LogP contribution in [-0.4, -0.2) is 20.5 Å². The van der Waals surface area contributed by atoms with Gasteiger partial charge in [-0.25, -0.2) is 12.8 Å². The molecule has 0 aliphatic carbocycles. The number of rotatable bonds is 3. The molecule has 3 nitrogen and oxygen atoms in total. The summed E-state index contributed by atoms with van der Waals surface area (Å²) in [6, 6.07) is 2.23. The summed E-state index contributed by atoms with van der Waals surface area (Å²) in [4.78, 5) is -1.07. The van der Waals surface area contributed by atoms with Crippen molar-refractivity contribution < 1.29 is 26.0 Å². The van der Waals surface area contributed by atoms with Gasteiger partial charge in [-0.1, -0.05) is 6.07 Å². The molecule has 1 aromatic carbocycles. The van der Waals surface area contributed by atoms with E-state index in [1.54, 1.807) is 0 Å². The summed E-state index contributed by atoms with van der Waals surface area (Å²) in [6.45, 7) is -0.0357. The Labute approximate surface area is 95.2 Å². The fourth-order valence-corrected chi connectivity index (χ4v) is 2.30. The summed E-state index contributed by atoms with van der Waals surface area (Å²) in [6.07, 6.45) is -0.0784. The molecule has 0 radical (unpaired) electrons. The minimum atomic E-state index is -5.55. The van der Waals surface area contributed by atoms with Crippen LogP contribution >= 0.6 is 0 Å². The highest BCUT2D eigenvalue weighted by molar-refractivity contribution is 7.92. The van der Waals surface area contributed by atoms with E-state index in [2.05, 4.69) is 0 Å². The second-order valence-corrected chi connectivity index (χ2v) is 5.15. The van der Waals surface area contributed by atoms with Crippen molar-refractivity contribution >= 4 is 9.84 Å². The number of alkyl halides is 3. The average molecular weight is 271 g/mol. The molecule has 0 aliphatic rings. The first-order valence-corrected chi connectivity index (χ1v) is 5.98. The summed E-state index contributed by atoms with van der Waals surface area (Å²) >= 11 is 0. The molecule has 0 fully saturated rings. The first-order chi connectivity index (χ1) is 7.70. The smallest absolute Gasteiger partial charge is 0.330 e. The summed E-state index contributed by atoms with van der Waals surface area (Å²) in [5, 5.41) is 0. The maximum Gasteiger partial charge on any atom is 0.501 e. The van der Waals surface area contributed by atoms with Crippen molar-refractivity contribution in [1.82, 2.24) is 0 Å². The SMILES string of the molecule is NCCc1ccc(F)cc1S(=O)(=O)C(F)(F)F. The summed E-state index contributed by atoms with van der Waals surface area (Å²) < 4.78 is 72.2. The first-order valence-electron chi connectivity index (χ1n) is 4.50. The van der Waals surface area contributed by atoms with Gasteiger partial charge in [-0.3, -0.25) is 0 Å². The molecule has 0 saturated heterocycles. The van der Waals surface area contributed by atoms with Crippen molar-refractivity contribution in [2.24, 2.45) is 5.73 Å². The molecule has 0 aliphatic heterocycles. The van der Waals surface area contributed by atoms with Crippen LogP contribution in [0.4, 0.5) is 17.6 Å². The van der Waals surface area contributed by atoms with Crippen molar-refractivity contribution in [1.29, 1.82) is 0 Å². The maximum atomic E-state index is 12.8. The largest absolute Gasteiger partial charge is 0.501 e. The molecule has 8 heteroatoms. The van der Waals surface area contributed by atoms with Gasteiger partial charge in [0.15, 0.2) is 0 Å². The zero-order valence-electron chi connectivity index (χ0n) is 8.46. The van der Waals surface area contributed by atoms with Gasteiger partial charge in [0.1, 0.15) is 5.82 Å². The molecule has 17 heavy (non-hydrogen) atoms. The molecule has 1 rings (SSSR count). The van der Waals surface area contributed by atoms with Gasteiger partial charge in [0.25, 0.3) is 9.84 Å². The van der Waals surface area contributed by atoms with Crippen molar-refractivity contribution in [3.63, 3.8) is 0 Å². The summed E-state index contributed by atoms with van der Waals surface area (Å²) in [7, 11) is -5.55. The molecule has 0 heterocycles. The number of nitrogens with two attached hydrogens (primary N) is 1.